The van der Waals surface area contributed by atoms with E-state index in [1.165, 1.54) is 12.8 Å². The van der Waals surface area contributed by atoms with Gasteiger partial charge in [0.1, 0.15) is 6.04 Å². The van der Waals surface area contributed by atoms with Gasteiger partial charge >= 0.3 is 0 Å². The highest BCUT2D eigenvalue weighted by Gasteiger charge is 2.46. The minimum atomic E-state index is -3.98. The fourth-order valence-corrected chi connectivity index (χ4v) is 11.5. The highest BCUT2D eigenvalue weighted by molar-refractivity contribution is 7.89. The fraction of sp³-hybridized carbons (Fsp3) is 0.429. The van der Waals surface area contributed by atoms with Crippen molar-refractivity contribution in [2.24, 2.45) is 11.8 Å². The number of amides is 2. The van der Waals surface area contributed by atoms with E-state index < -0.39 is 28.3 Å². The predicted molar refractivity (Wildman–Crippen MR) is 265 cm³/mol. The fourth-order valence-electron chi connectivity index (χ4n) is 10.3. The van der Waals surface area contributed by atoms with Gasteiger partial charge in [-0.25, -0.2) is 8.42 Å². The average molecular weight is 941 g/mol. The number of rotatable bonds is 15. The molecule has 1 aliphatic carbocycles. The Bertz CT molecular complexity index is 2580. The topological polar surface area (TPSA) is 146 Å². The minimum absolute atomic E-state index is 0.0361. The minimum Gasteiger partial charge on any atom is -0.392 e. The van der Waals surface area contributed by atoms with Gasteiger partial charge in [0, 0.05) is 36.2 Å². The maximum absolute atomic E-state index is 14.0. The van der Waals surface area contributed by atoms with Crippen molar-refractivity contribution in [1.29, 1.82) is 0 Å². The summed E-state index contributed by atoms with van der Waals surface area (Å²) in [5.41, 5.74) is 6.93. The third kappa shape index (κ3) is 12.1. The molecule has 0 spiro atoms. The first-order valence-electron chi connectivity index (χ1n) is 24.3. The number of carbonyl (C=O) groups excluding carboxylic acids is 2. The molecule has 2 amide bonds. The smallest absolute Gasteiger partial charge is 0.241 e. The molecule has 1 saturated carbocycles. The van der Waals surface area contributed by atoms with Crippen LogP contribution in [0.2, 0.25) is 0 Å². The monoisotopic (exact) mass is 940 g/mol. The lowest BCUT2D eigenvalue weighted by molar-refractivity contribution is -0.278. The van der Waals surface area contributed by atoms with Crippen LogP contribution in [0.4, 0.5) is 0 Å². The molecule has 360 valence electrons. The number of likely N-dealkylation sites (tertiary alicyclic amines) is 1. The van der Waals surface area contributed by atoms with E-state index in [9.17, 15) is 23.1 Å². The summed E-state index contributed by atoms with van der Waals surface area (Å²) in [6, 6.07) is 39.1. The molecule has 8 atom stereocenters. The predicted octanol–water partition coefficient (Wildman–Crippen LogP) is 9.09. The number of benzene rings is 5. The summed E-state index contributed by atoms with van der Waals surface area (Å²) in [7, 11) is -3.98. The number of aliphatic hydroxyl groups excluding tert-OH is 1. The van der Waals surface area contributed by atoms with E-state index in [4.69, 9.17) is 9.47 Å². The van der Waals surface area contributed by atoms with Crippen LogP contribution in [0.25, 0.3) is 11.1 Å². The SMILES string of the molecule is Cc1ccc(S(=O)(=O)N[C@H](Cc2ccccc2)C(=O)NCc2cccc(-c3ccc([C@H]4O[C@@H](CN5[C@@H](C(=O)NC(C)(C)C)CC[C@H]6CCCC[C@H]65)[C@@H](C)[C@@H](c5ccc(CO)cc5)O4)cc3)c2)cc1. The van der Waals surface area contributed by atoms with Crippen molar-refractivity contribution < 1.29 is 32.6 Å². The molecule has 0 aromatic heterocycles. The highest BCUT2D eigenvalue weighted by Crippen LogP contribution is 2.44. The first kappa shape index (κ1) is 49.2. The maximum atomic E-state index is 14.0. The van der Waals surface area contributed by atoms with Crippen LogP contribution in [0.15, 0.2) is 132 Å². The van der Waals surface area contributed by atoms with E-state index in [0.29, 0.717) is 18.5 Å². The van der Waals surface area contributed by atoms with Gasteiger partial charge in [-0.3, -0.25) is 14.5 Å². The molecule has 0 radical (unpaired) electrons. The summed E-state index contributed by atoms with van der Waals surface area (Å²) < 4.78 is 43.5. The van der Waals surface area contributed by atoms with Crippen molar-refractivity contribution in [3.63, 3.8) is 0 Å². The van der Waals surface area contributed by atoms with Crippen molar-refractivity contribution in [1.82, 2.24) is 20.3 Å². The van der Waals surface area contributed by atoms with Gasteiger partial charge in [0.15, 0.2) is 6.29 Å². The zero-order valence-electron chi connectivity index (χ0n) is 40.1. The lowest BCUT2D eigenvalue weighted by Crippen LogP contribution is -2.61. The number of sulfonamides is 1. The second-order valence-corrected chi connectivity index (χ2v) is 21.9. The molecule has 68 heavy (non-hydrogen) atoms. The number of ether oxygens (including phenoxy) is 2. The Morgan fingerprint density at radius 1 is 0.765 bits per heavy atom. The molecule has 11 nitrogen and oxygen atoms in total. The molecule has 2 saturated heterocycles. The number of piperidine rings is 1. The molecule has 3 fully saturated rings. The number of nitrogens with zero attached hydrogens (tertiary/aromatic N) is 1. The Kier molecular flexibility index (Phi) is 15.6. The molecule has 5 aromatic rings. The van der Waals surface area contributed by atoms with Gasteiger partial charge in [-0.15, -0.1) is 0 Å². The van der Waals surface area contributed by atoms with Gasteiger partial charge in [0.05, 0.1) is 29.8 Å². The van der Waals surface area contributed by atoms with Crippen LogP contribution >= 0.6 is 0 Å². The maximum Gasteiger partial charge on any atom is 0.241 e. The Morgan fingerprint density at radius 2 is 1.46 bits per heavy atom. The number of aryl methyl sites for hydroxylation is 1. The van der Waals surface area contributed by atoms with Crippen molar-refractivity contribution in [2.75, 3.05) is 6.54 Å². The Balaban J connectivity index is 0.997. The molecule has 2 aliphatic heterocycles. The number of carbonyl (C=O) groups is 2. The Labute approximate surface area is 403 Å². The summed E-state index contributed by atoms with van der Waals surface area (Å²) in [5, 5.41) is 16.1. The molecule has 0 bridgehead atoms. The van der Waals surface area contributed by atoms with Gasteiger partial charge in [-0.2, -0.15) is 4.72 Å². The summed E-state index contributed by atoms with van der Waals surface area (Å²) in [6.45, 7) is 11.0. The molecule has 2 heterocycles. The zero-order valence-corrected chi connectivity index (χ0v) is 40.9. The summed E-state index contributed by atoms with van der Waals surface area (Å²) >= 11 is 0. The Hall–Kier alpha value is -5.21. The summed E-state index contributed by atoms with van der Waals surface area (Å²) in [5.74, 6) is 0.194. The Morgan fingerprint density at radius 3 is 2.16 bits per heavy atom. The molecule has 4 N–H and O–H groups in total. The standard InChI is InChI=1S/C56H68N4O7S/c1-37-18-29-47(30-19-37)68(64,65)59-48(33-39-12-7-6-8-13-39)53(62)57-34-41-14-11-16-46(32-41)42-24-26-45(27-25-42)55-66-51(38(2)52(67-55)44-22-20-40(36-61)21-23-44)35-60-49-17-10-9-15-43(49)28-31-50(60)54(63)58-56(3,4)5/h6-8,11-14,16,18-27,29-30,32,38,43,48-52,55,59,61H,9-10,15,17,28,31,33-36H2,1-5H3,(H,57,62)(H,58,63)/t38-,43-,48-,49-,50-,51+,52+,55+/m1/s1. The first-order chi connectivity index (χ1) is 32.6. The van der Waals surface area contributed by atoms with Gasteiger partial charge in [0.2, 0.25) is 21.8 Å². The van der Waals surface area contributed by atoms with Gasteiger partial charge < -0.3 is 25.2 Å². The quantitative estimate of drug-likeness (QED) is 0.0814. The lowest BCUT2D eigenvalue weighted by Gasteiger charge is -2.51. The average Bonchev–Trinajstić information content (AvgIpc) is 3.33. The normalized spacial score (nSPS) is 23.8. The van der Waals surface area contributed by atoms with Gasteiger partial charge in [0.25, 0.3) is 0 Å². The van der Waals surface area contributed by atoms with E-state index in [0.717, 1.165) is 70.2 Å². The largest absolute Gasteiger partial charge is 0.392 e. The van der Waals surface area contributed by atoms with Crippen molar-refractivity contribution in [2.45, 2.75) is 140 Å². The lowest BCUT2D eigenvalue weighted by atomic mass is 9.75. The molecule has 0 unspecified atom stereocenters. The van der Waals surface area contributed by atoms with Crippen molar-refractivity contribution >= 4 is 21.8 Å². The number of hydrogen-bond donors (Lipinski definition) is 4. The number of hydrogen-bond acceptors (Lipinski definition) is 8. The van der Waals surface area contributed by atoms with Gasteiger partial charge in [-0.1, -0.05) is 135 Å². The van der Waals surface area contributed by atoms with Crippen LogP contribution in [-0.4, -0.2) is 66.6 Å². The van der Waals surface area contributed by atoms with Crippen LogP contribution in [0.5, 0.6) is 0 Å². The molecular weight excluding hydrogens is 873 g/mol. The van der Waals surface area contributed by atoms with E-state index in [1.807, 2.05) is 119 Å². The summed E-state index contributed by atoms with van der Waals surface area (Å²) in [6.07, 6.45) is 5.55. The van der Waals surface area contributed by atoms with Crippen LogP contribution < -0.4 is 15.4 Å². The third-order valence-corrected chi connectivity index (χ3v) is 15.4. The third-order valence-electron chi connectivity index (χ3n) is 14.0. The summed E-state index contributed by atoms with van der Waals surface area (Å²) in [4.78, 5) is 30.4. The first-order valence-corrected chi connectivity index (χ1v) is 25.8. The van der Waals surface area contributed by atoms with E-state index in [-0.39, 0.29) is 60.1 Å². The van der Waals surface area contributed by atoms with Crippen molar-refractivity contribution in [3.05, 3.63) is 161 Å². The van der Waals surface area contributed by atoms with Crippen LogP contribution in [0.1, 0.15) is 112 Å². The van der Waals surface area contributed by atoms with E-state index in [1.54, 1.807) is 24.3 Å². The number of aliphatic hydroxyl groups is 1. The van der Waals surface area contributed by atoms with Crippen molar-refractivity contribution in [3.8, 4) is 11.1 Å². The van der Waals surface area contributed by atoms with E-state index in [2.05, 4.69) is 39.3 Å². The van der Waals surface area contributed by atoms with Gasteiger partial charge in [-0.05, 0) is 117 Å². The molecule has 3 aliphatic rings. The molecule has 8 rings (SSSR count). The van der Waals surface area contributed by atoms with Crippen LogP contribution in [0.3, 0.4) is 0 Å². The van der Waals surface area contributed by atoms with Crippen LogP contribution in [-0.2, 0) is 48.7 Å². The highest BCUT2D eigenvalue weighted by atomic mass is 32.2. The van der Waals surface area contributed by atoms with Crippen LogP contribution in [0, 0.1) is 18.8 Å². The second kappa shape index (κ2) is 21.6. The second-order valence-electron chi connectivity index (χ2n) is 20.2. The number of nitrogens with one attached hydrogen (secondary N) is 3. The zero-order chi connectivity index (χ0) is 48.0. The number of fused-ring (bicyclic) bond motifs is 1. The molecular formula is C56H68N4O7S. The molecule has 5 aromatic carbocycles. The molecule has 12 heteroatoms. The van der Waals surface area contributed by atoms with E-state index >= 15 is 0 Å².